The molecule has 0 unspecified atom stereocenters. The fourth-order valence-electron chi connectivity index (χ4n) is 4.20. The highest BCUT2D eigenvalue weighted by Crippen LogP contribution is 2.40. The van der Waals surface area contributed by atoms with Gasteiger partial charge in [0.1, 0.15) is 0 Å². The van der Waals surface area contributed by atoms with Crippen LogP contribution in [0.2, 0.25) is 0 Å². The predicted octanol–water partition coefficient (Wildman–Crippen LogP) is 6.04. The first-order valence-corrected chi connectivity index (χ1v) is 10.1. The van der Waals surface area contributed by atoms with E-state index in [0.717, 1.165) is 25.7 Å². The van der Waals surface area contributed by atoms with E-state index >= 15 is 0 Å². The molecular formula is C23H26F4O2. The van der Waals surface area contributed by atoms with Gasteiger partial charge in [0.05, 0.1) is 13.2 Å². The number of ether oxygens (including phenoxy) is 1. The van der Waals surface area contributed by atoms with Crippen molar-refractivity contribution < 1.29 is 27.4 Å². The number of benzene rings is 2. The second-order valence-corrected chi connectivity index (χ2v) is 7.64. The van der Waals surface area contributed by atoms with Crippen molar-refractivity contribution in [2.24, 2.45) is 5.92 Å². The fourth-order valence-corrected chi connectivity index (χ4v) is 4.20. The van der Waals surface area contributed by atoms with Crippen LogP contribution in [0.15, 0.2) is 24.3 Å². The van der Waals surface area contributed by atoms with Crippen LogP contribution in [0.25, 0.3) is 0 Å². The van der Waals surface area contributed by atoms with Crippen molar-refractivity contribution in [1.82, 2.24) is 0 Å². The Morgan fingerprint density at radius 3 is 2.17 bits per heavy atom. The van der Waals surface area contributed by atoms with Gasteiger partial charge in [-0.25, -0.2) is 13.2 Å². The minimum atomic E-state index is -0.985. The zero-order valence-corrected chi connectivity index (χ0v) is 16.5. The van der Waals surface area contributed by atoms with Crippen LogP contribution in [-0.4, -0.2) is 11.7 Å². The average molecular weight is 410 g/mol. The van der Waals surface area contributed by atoms with Gasteiger partial charge in [-0.15, -0.1) is 0 Å². The number of aliphatic hydroxyl groups is 1. The SMILES string of the molecule is CCOc1ccc(C2CCC(CCc3ccc(CO)c(F)c3F)CC2)c(F)c1F. The molecule has 1 fully saturated rings. The largest absolute Gasteiger partial charge is 0.491 e. The number of hydrogen-bond donors (Lipinski definition) is 1. The molecular weight excluding hydrogens is 384 g/mol. The summed E-state index contributed by atoms with van der Waals surface area (Å²) < 4.78 is 61.5. The van der Waals surface area contributed by atoms with Gasteiger partial charge in [0.25, 0.3) is 0 Å². The maximum absolute atomic E-state index is 14.4. The number of hydrogen-bond acceptors (Lipinski definition) is 2. The highest BCUT2D eigenvalue weighted by Gasteiger charge is 2.27. The molecule has 0 heterocycles. The smallest absolute Gasteiger partial charge is 0.200 e. The van der Waals surface area contributed by atoms with Gasteiger partial charge in [0.2, 0.25) is 5.82 Å². The molecule has 3 rings (SSSR count). The summed E-state index contributed by atoms with van der Waals surface area (Å²) in [6.07, 6.45) is 4.25. The van der Waals surface area contributed by atoms with Crippen molar-refractivity contribution in [3.63, 3.8) is 0 Å². The minimum Gasteiger partial charge on any atom is -0.491 e. The molecule has 0 saturated heterocycles. The fraction of sp³-hybridized carbons (Fsp3) is 0.478. The Balaban J connectivity index is 1.58. The maximum atomic E-state index is 14.4. The van der Waals surface area contributed by atoms with Crippen LogP contribution in [0.4, 0.5) is 17.6 Å². The Morgan fingerprint density at radius 1 is 0.862 bits per heavy atom. The van der Waals surface area contributed by atoms with Gasteiger partial charge in [-0.05, 0) is 74.5 Å². The Hall–Kier alpha value is -2.08. The zero-order chi connectivity index (χ0) is 21.0. The quantitative estimate of drug-likeness (QED) is 0.564. The summed E-state index contributed by atoms with van der Waals surface area (Å²) in [5.41, 5.74) is 0.648. The summed E-state index contributed by atoms with van der Waals surface area (Å²) in [6.45, 7) is 1.46. The zero-order valence-electron chi connectivity index (χ0n) is 16.5. The van der Waals surface area contributed by atoms with Crippen molar-refractivity contribution in [3.8, 4) is 5.75 Å². The van der Waals surface area contributed by atoms with Crippen molar-refractivity contribution in [2.45, 2.75) is 58.0 Å². The summed E-state index contributed by atoms with van der Waals surface area (Å²) in [7, 11) is 0. The molecule has 0 atom stereocenters. The minimum absolute atomic E-state index is 0.0450. The van der Waals surface area contributed by atoms with Crippen LogP contribution in [0.1, 0.15) is 61.6 Å². The molecule has 0 radical (unpaired) electrons. The second-order valence-electron chi connectivity index (χ2n) is 7.64. The Morgan fingerprint density at radius 2 is 1.52 bits per heavy atom. The molecule has 2 aromatic carbocycles. The monoisotopic (exact) mass is 410 g/mol. The van der Waals surface area contributed by atoms with Crippen LogP contribution in [0.3, 0.4) is 0 Å². The third-order valence-electron chi connectivity index (χ3n) is 5.90. The van der Waals surface area contributed by atoms with Gasteiger partial charge in [0, 0.05) is 5.56 Å². The molecule has 29 heavy (non-hydrogen) atoms. The molecule has 2 aromatic rings. The van der Waals surface area contributed by atoms with Crippen molar-refractivity contribution in [1.29, 1.82) is 0 Å². The molecule has 1 aliphatic carbocycles. The van der Waals surface area contributed by atoms with Crippen LogP contribution in [0.5, 0.6) is 5.75 Å². The standard InChI is InChI=1S/C23H26F4O2/c1-2-29-19-12-11-18(22(26)23(19)27)15-6-3-14(4-7-15)5-8-16-9-10-17(13-28)21(25)20(16)24/h9-12,14-15,28H,2-8,13H2,1H3. The Bertz CT molecular complexity index is 845. The van der Waals surface area contributed by atoms with Gasteiger partial charge in [0.15, 0.2) is 23.2 Å². The number of aryl methyl sites for hydroxylation is 1. The van der Waals surface area contributed by atoms with Gasteiger partial charge < -0.3 is 9.84 Å². The highest BCUT2D eigenvalue weighted by molar-refractivity contribution is 5.33. The molecule has 158 valence electrons. The number of rotatable bonds is 7. The lowest BCUT2D eigenvalue weighted by molar-refractivity contribution is 0.273. The third kappa shape index (κ3) is 4.74. The van der Waals surface area contributed by atoms with Crippen LogP contribution in [-0.2, 0) is 13.0 Å². The van der Waals surface area contributed by atoms with Crippen LogP contribution >= 0.6 is 0 Å². The molecule has 0 spiro atoms. The molecule has 0 bridgehead atoms. The van der Waals surface area contributed by atoms with Crippen molar-refractivity contribution in [2.75, 3.05) is 6.61 Å². The first-order chi connectivity index (χ1) is 14.0. The summed E-state index contributed by atoms with van der Waals surface area (Å²) in [6, 6.07) is 6.02. The lowest BCUT2D eigenvalue weighted by Gasteiger charge is -2.29. The molecule has 0 aromatic heterocycles. The summed E-state index contributed by atoms with van der Waals surface area (Å²) in [4.78, 5) is 0. The summed E-state index contributed by atoms with van der Waals surface area (Å²) in [5.74, 6) is -3.42. The van der Waals surface area contributed by atoms with E-state index in [0.29, 0.717) is 29.9 Å². The topological polar surface area (TPSA) is 29.5 Å². The van der Waals surface area contributed by atoms with Gasteiger partial charge in [-0.2, -0.15) is 4.39 Å². The van der Waals surface area contributed by atoms with Crippen molar-refractivity contribution >= 4 is 0 Å². The third-order valence-corrected chi connectivity index (χ3v) is 5.90. The lowest BCUT2D eigenvalue weighted by Crippen LogP contribution is -2.16. The van der Waals surface area contributed by atoms with E-state index in [1.807, 2.05) is 0 Å². The predicted molar refractivity (Wildman–Crippen MR) is 103 cm³/mol. The average Bonchev–Trinajstić information content (AvgIpc) is 2.73. The van der Waals surface area contributed by atoms with Crippen LogP contribution < -0.4 is 4.74 Å². The van der Waals surface area contributed by atoms with E-state index in [-0.39, 0.29) is 23.8 Å². The Labute approximate surface area is 168 Å². The molecule has 6 heteroatoms. The Kier molecular flexibility index (Phi) is 7.17. The first kappa shape index (κ1) is 21.6. The second kappa shape index (κ2) is 9.61. The first-order valence-electron chi connectivity index (χ1n) is 10.1. The van der Waals surface area contributed by atoms with E-state index in [1.54, 1.807) is 13.0 Å². The van der Waals surface area contributed by atoms with E-state index in [4.69, 9.17) is 9.84 Å². The van der Waals surface area contributed by atoms with Gasteiger partial charge in [-0.1, -0.05) is 18.2 Å². The van der Waals surface area contributed by atoms with E-state index in [2.05, 4.69) is 0 Å². The lowest BCUT2D eigenvalue weighted by atomic mass is 9.76. The summed E-state index contributed by atoms with van der Waals surface area (Å²) in [5, 5.41) is 9.00. The van der Waals surface area contributed by atoms with Crippen LogP contribution in [0, 0.1) is 29.2 Å². The molecule has 1 N–H and O–H groups in total. The molecule has 0 aliphatic heterocycles. The molecule has 1 aliphatic rings. The number of aliphatic hydroxyl groups excluding tert-OH is 1. The van der Waals surface area contributed by atoms with E-state index < -0.39 is 29.9 Å². The molecule has 2 nitrogen and oxygen atoms in total. The normalized spacial score (nSPS) is 19.4. The highest BCUT2D eigenvalue weighted by atomic mass is 19.2. The van der Waals surface area contributed by atoms with Gasteiger partial charge in [-0.3, -0.25) is 0 Å². The van der Waals surface area contributed by atoms with E-state index in [1.165, 1.54) is 18.2 Å². The molecule has 1 saturated carbocycles. The number of halogens is 4. The van der Waals surface area contributed by atoms with E-state index in [9.17, 15) is 17.6 Å². The maximum Gasteiger partial charge on any atom is 0.200 e. The summed E-state index contributed by atoms with van der Waals surface area (Å²) >= 11 is 0. The van der Waals surface area contributed by atoms with Crippen molar-refractivity contribution in [3.05, 3.63) is 64.2 Å². The molecule has 0 amide bonds. The van der Waals surface area contributed by atoms with Gasteiger partial charge >= 0.3 is 0 Å².